The first-order valence-corrected chi connectivity index (χ1v) is 8.36. The van der Waals surface area contributed by atoms with E-state index in [1.165, 1.54) is 7.11 Å². The minimum atomic E-state index is -1.28. The minimum Gasteiger partial charge on any atom is -0.469 e. The third-order valence-electron chi connectivity index (χ3n) is 3.63. The molecule has 0 aliphatic heterocycles. The molecular weight excluding hydrogens is 372 g/mol. The van der Waals surface area contributed by atoms with Crippen LogP contribution >= 0.6 is 0 Å². The number of aromatic nitrogens is 1. The summed E-state index contributed by atoms with van der Waals surface area (Å²) in [6, 6.07) is 0. The topological polar surface area (TPSA) is 155 Å². The van der Waals surface area contributed by atoms with E-state index >= 15 is 0 Å². The lowest BCUT2D eigenvalue weighted by molar-refractivity contribution is -0.141. The van der Waals surface area contributed by atoms with Gasteiger partial charge in [-0.1, -0.05) is 0 Å². The lowest BCUT2D eigenvalue weighted by Gasteiger charge is -2.19. The number of rotatable bonds is 8. The van der Waals surface area contributed by atoms with E-state index in [2.05, 4.69) is 14.5 Å². The molecule has 28 heavy (non-hydrogen) atoms. The molecule has 3 N–H and O–H groups in total. The van der Waals surface area contributed by atoms with Crippen LogP contribution in [0.1, 0.15) is 59.3 Å². The van der Waals surface area contributed by atoms with Gasteiger partial charge in [0, 0.05) is 6.42 Å². The van der Waals surface area contributed by atoms with Crippen molar-refractivity contribution < 1.29 is 38.2 Å². The Bertz CT molecular complexity index is 801. The van der Waals surface area contributed by atoms with Crippen LogP contribution < -0.4 is 5.73 Å². The van der Waals surface area contributed by atoms with Gasteiger partial charge in [0.1, 0.15) is 11.3 Å². The van der Waals surface area contributed by atoms with Gasteiger partial charge in [-0.3, -0.25) is 19.2 Å². The number of hydrogen-bond acceptors (Lipinski definition) is 8. The Balaban J connectivity index is 3.57. The summed E-state index contributed by atoms with van der Waals surface area (Å²) in [5.74, 6) is -4.49. The summed E-state index contributed by atoms with van der Waals surface area (Å²) in [6.45, 7) is 4.94. The Morgan fingerprint density at radius 1 is 0.929 bits per heavy atom. The maximum Gasteiger partial charge on any atom is 0.355 e. The van der Waals surface area contributed by atoms with Gasteiger partial charge in [0.2, 0.25) is 0 Å². The molecule has 0 saturated heterocycles. The van der Waals surface area contributed by atoms with Crippen molar-refractivity contribution in [2.75, 3.05) is 14.2 Å². The molecule has 0 aliphatic carbocycles. The molecule has 0 bridgehead atoms. The van der Waals surface area contributed by atoms with Crippen LogP contribution in [0.5, 0.6) is 0 Å². The summed E-state index contributed by atoms with van der Waals surface area (Å²) < 4.78 is 14.5. The second-order valence-electron chi connectivity index (χ2n) is 6.86. The molecule has 1 heterocycles. The van der Waals surface area contributed by atoms with E-state index in [1.807, 2.05) is 0 Å². The van der Waals surface area contributed by atoms with Crippen molar-refractivity contribution in [3.05, 3.63) is 22.5 Å². The SMILES string of the molecule is COC(=O)CCc1c(C(=O)OC(C)(C)C)[nH]c(C(=O)C(N)=O)c1CC(=O)OC. The Morgan fingerprint density at radius 3 is 1.96 bits per heavy atom. The largest absolute Gasteiger partial charge is 0.469 e. The highest BCUT2D eigenvalue weighted by Crippen LogP contribution is 2.25. The maximum absolute atomic E-state index is 12.6. The third-order valence-corrected chi connectivity index (χ3v) is 3.63. The minimum absolute atomic E-state index is 0.0420. The zero-order chi connectivity index (χ0) is 21.6. The number of amides is 1. The van der Waals surface area contributed by atoms with Crippen molar-refractivity contribution in [1.82, 2.24) is 4.98 Å². The lowest BCUT2D eigenvalue weighted by Crippen LogP contribution is -2.25. The van der Waals surface area contributed by atoms with Gasteiger partial charge in [-0.2, -0.15) is 0 Å². The van der Waals surface area contributed by atoms with Crippen LogP contribution in [-0.4, -0.2) is 54.4 Å². The third kappa shape index (κ3) is 5.93. The standard InChI is InChI=1S/C18H24N2O8/c1-18(2,3)28-17(25)14-9(6-7-11(21)26-4)10(8-12(22)27-5)13(20-14)15(23)16(19)24/h20H,6-8H2,1-5H3,(H2,19,24). The van der Waals surface area contributed by atoms with E-state index in [1.54, 1.807) is 20.8 Å². The van der Waals surface area contributed by atoms with E-state index < -0.39 is 41.6 Å². The summed E-state index contributed by atoms with van der Waals surface area (Å²) >= 11 is 0. The van der Waals surface area contributed by atoms with Crippen molar-refractivity contribution in [3.8, 4) is 0 Å². The van der Waals surface area contributed by atoms with Crippen LogP contribution in [0.15, 0.2) is 0 Å². The van der Waals surface area contributed by atoms with E-state index in [4.69, 9.17) is 10.5 Å². The molecule has 0 unspecified atom stereocenters. The first-order chi connectivity index (χ1) is 12.9. The number of hydrogen-bond donors (Lipinski definition) is 2. The fraction of sp³-hybridized carbons (Fsp3) is 0.500. The van der Waals surface area contributed by atoms with Crippen molar-refractivity contribution >= 4 is 29.6 Å². The number of esters is 3. The van der Waals surface area contributed by atoms with Crippen LogP contribution in [0.2, 0.25) is 0 Å². The van der Waals surface area contributed by atoms with Gasteiger partial charge in [0.15, 0.2) is 0 Å². The van der Waals surface area contributed by atoms with Crippen LogP contribution in [0.4, 0.5) is 0 Å². The van der Waals surface area contributed by atoms with Gasteiger partial charge in [0.05, 0.1) is 26.3 Å². The first-order valence-electron chi connectivity index (χ1n) is 8.36. The molecular formula is C18H24N2O8. The molecule has 10 heteroatoms. The number of aromatic amines is 1. The Morgan fingerprint density at radius 2 is 1.50 bits per heavy atom. The number of nitrogens with two attached hydrogens (primary N) is 1. The molecule has 154 valence electrons. The predicted molar refractivity (Wildman–Crippen MR) is 95.5 cm³/mol. The highest BCUT2D eigenvalue weighted by molar-refractivity contribution is 6.42. The highest BCUT2D eigenvalue weighted by Gasteiger charge is 2.31. The molecule has 1 aromatic rings. The lowest BCUT2D eigenvalue weighted by atomic mass is 9.99. The fourth-order valence-electron chi connectivity index (χ4n) is 2.41. The smallest absolute Gasteiger partial charge is 0.355 e. The van der Waals surface area contributed by atoms with E-state index in [9.17, 15) is 24.0 Å². The van der Waals surface area contributed by atoms with Crippen LogP contribution in [0.25, 0.3) is 0 Å². The number of primary amides is 1. The van der Waals surface area contributed by atoms with Gasteiger partial charge in [-0.15, -0.1) is 0 Å². The molecule has 0 fully saturated rings. The molecule has 0 radical (unpaired) electrons. The predicted octanol–water partition coefficient (Wildman–Crippen LogP) is 0.459. The van der Waals surface area contributed by atoms with Gasteiger partial charge < -0.3 is 24.9 Å². The molecule has 0 spiro atoms. The summed E-state index contributed by atoms with van der Waals surface area (Å²) in [5, 5.41) is 0. The monoisotopic (exact) mass is 396 g/mol. The van der Waals surface area contributed by atoms with Gasteiger partial charge in [0.25, 0.3) is 11.7 Å². The molecule has 1 amide bonds. The second-order valence-corrected chi connectivity index (χ2v) is 6.86. The molecule has 1 rings (SSSR count). The Kier molecular flexibility index (Phi) is 7.48. The van der Waals surface area contributed by atoms with E-state index in [-0.39, 0.29) is 35.4 Å². The molecule has 1 aromatic heterocycles. The van der Waals surface area contributed by atoms with Crippen LogP contribution in [0.3, 0.4) is 0 Å². The molecule has 0 atom stereocenters. The summed E-state index contributed by atoms with van der Waals surface area (Å²) in [7, 11) is 2.35. The molecule has 0 saturated carbocycles. The highest BCUT2D eigenvalue weighted by atomic mass is 16.6. The van der Waals surface area contributed by atoms with Crippen molar-refractivity contribution in [1.29, 1.82) is 0 Å². The number of nitrogens with one attached hydrogen (secondary N) is 1. The van der Waals surface area contributed by atoms with Crippen molar-refractivity contribution in [2.24, 2.45) is 5.73 Å². The van der Waals surface area contributed by atoms with Crippen molar-refractivity contribution in [2.45, 2.75) is 45.6 Å². The van der Waals surface area contributed by atoms with Crippen molar-refractivity contribution in [3.63, 3.8) is 0 Å². The van der Waals surface area contributed by atoms with Gasteiger partial charge in [-0.05, 0) is 38.3 Å². The van der Waals surface area contributed by atoms with Crippen LogP contribution in [-0.2, 0) is 41.4 Å². The molecule has 0 aromatic carbocycles. The zero-order valence-corrected chi connectivity index (χ0v) is 16.5. The normalized spacial score (nSPS) is 10.9. The summed E-state index contributed by atoms with van der Waals surface area (Å²) in [6.07, 6.45) is -0.598. The number of H-pyrrole nitrogens is 1. The quantitative estimate of drug-likeness (QED) is 0.278. The first kappa shape index (κ1) is 22.9. The van der Waals surface area contributed by atoms with Crippen LogP contribution in [0, 0.1) is 0 Å². The fourth-order valence-corrected chi connectivity index (χ4v) is 2.41. The average molecular weight is 396 g/mol. The zero-order valence-electron chi connectivity index (χ0n) is 16.5. The van der Waals surface area contributed by atoms with E-state index in [0.29, 0.717) is 0 Å². The van der Waals surface area contributed by atoms with E-state index in [0.717, 1.165) is 7.11 Å². The number of Topliss-reactive ketones (excluding diaryl/α,β-unsaturated/α-hetero) is 1. The van der Waals surface area contributed by atoms with Gasteiger partial charge >= 0.3 is 17.9 Å². The summed E-state index contributed by atoms with van der Waals surface area (Å²) in [4.78, 5) is 62.1. The Labute approximate surface area is 161 Å². The number of ether oxygens (including phenoxy) is 3. The summed E-state index contributed by atoms with van der Waals surface area (Å²) in [5.41, 5.74) is 3.96. The molecule has 10 nitrogen and oxygen atoms in total. The molecule has 0 aliphatic rings. The Hall–Kier alpha value is -3.17. The number of carbonyl (C=O) groups is 5. The number of carbonyl (C=O) groups excluding carboxylic acids is 5. The van der Waals surface area contributed by atoms with Gasteiger partial charge in [-0.25, -0.2) is 4.79 Å². The number of methoxy groups -OCH3 is 2. The average Bonchev–Trinajstić information content (AvgIpc) is 2.95. The second kappa shape index (κ2) is 9.16. The maximum atomic E-state index is 12.6. The number of ketones is 1.